The minimum absolute atomic E-state index is 0.124. The van der Waals surface area contributed by atoms with E-state index in [0.29, 0.717) is 0 Å². The van der Waals surface area contributed by atoms with E-state index in [9.17, 15) is 28.6 Å². The lowest BCUT2D eigenvalue weighted by Crippen LogP contribution is -2.29. The molecule has 1 unspecified atom stereocenters. The Hall–Kier alpha value is -4.11. The summed E-state index contributed by atoms with van der Waals surface area (Å²) in [7, 11) is 1.35. The number of carbonyl (C=O) groups excluding carboxylic acids is 2. The van der Waals surface area contributed by atoms with Crippen LogP contribution in [-0.4, -0.2) is 35.6 Å². The summed E-state index contributed by atoms with van der Waals surface area (Å²) in [5.74, 6) is -4.98. The van der Waals surface area contributed by atoms with Gasteiger partial charge in [-0.15, -0.1) is 0 Å². The Morgan fingerprint density at radius 1 is 1.03 bits per heavy atom. The molecule has 4 rings (SSSR count). The molecule has 0 aliphatic carbocycles. The molecule has 0 saturated carbocycles. The van der Waals surface area contributed by atoms with Crippen molar-refractivity contribution in [1.29, 1.82) is 0 Å². The van der Waals surface area contributed by atoms with Gasteiger partial charge in [0.15, 0.2) is 23.1 Å². The molecule has 0 spiro atoms. The topological polar surface area (TPSA) is 96.3 Å². The molecule has 1 atom stereocenters. The van der Waals surface area contributed by atoms with E-state index in [1.54, 1.807) is 6.92 Å². The van der Waals surface area contributed by atoms with Gasteiger partial charge in [-0.05, 0) is 55.0 Å². The maximum Gasteiger partial charge on any atom is 0.300 e. The number of anilines is 1. The molecule has 0 aromatic heterocycles. The number of phenols is 1. The zero-order valence-corrected chi connectivity index (χ0v) is 19.8. The fourth-order valence-electron chi connectivity index (χ4n) is 4.00. The first-order valence-corrected chi connectivity index (χ1v) is 11.1. The largest absolute Gasteiger partial charge is 0.507 e. The molecule has 1 heterocycles. The van der Waals surface area contributed by atoms with Crippen LogP contribution in [0.25, 0.3) is 5.76 Å². The van der Waals surface area contributed by atoms with Crippen molar-refractivity contribution >= 4 is 34.7 Å². The standard InChI is InChI=1S/C26H20ClF2NO6/c1-3-36-21-11-14(4-7-16(21)27)24(32)22-23(13-5-9-20(35-2)19(31)10-13)30(26(34)25(22)33)15-6-8-17(28)18(29)12-15/h4-12,23,31-32H,3H2,1-2H3/b24-22+. The van der Waals surface area contributed by atoms with Crippen LogP contribution in [0.3, 0.4) is 0 Å². The van der Waals surface area contributed by atoms with E-state index in [-0.39, 0.29) is 51.3 Å². The van der Waals surface area contributed by atoms with Gasteiger partial charge in [-0.25, -0.2) is 8.78 Å². The van der Waals surface area contributed by atoms with E-state index in [0.717, 1.165) is 23.1 Å². The van der Waals surface area contributed by atoms with Gasteiger partial charge in [0.05, 0.1) is 30.4 Å². The number of hydrogen-bond donors (Lipinski definition) is 2. The Morgan fingerprint density at radius 2 is 1.78 bits per heavy atom. The number of aromatic hydroxyl groups is 1. The molecule has 10 heteroatoms. The number of ketones is 1. The second-order valence-corrected chi connectivity index (χ2v) is 8.18. The molecule has 0 radical (unpaired) electrons. The molecule has 0 bridgehead atoms. The maximum absolute atomic E-state index is 14.1. The van der Waals surface area contributed by atoms with Crippen LogP contribution in [0.1, 0.15) is 24.1 Å². The second kappa shape index (κ2) is 9.87. The highest BCUT2D eigenvalue weighted by molar-refractivity contribution is 6.51. The smallest absolute Gasteiger partial charge is 0.300 e. The van der Waals surface area contributed by atoms with Crippen molar-refractivity contribution in [2.45, 2.75) is 13.0 Å². The quantitative estimate of drug-likeness (QED) is 0.261. The summed E-state index contributed by atoms with van der Waals surface area (Å²) >= 11 is 6.13. The van der Waals surface area contributed by atoms with Crippen molar-refractivity contribution in [2.24, 2.45) is 0 Å². The number of Topliss-reactive ketones (excluding diaryl/α,β-unsaturated/α-hetero) is 1. The van der Waals surface area contributed by atoms with E-state index >= 15 is 0 Å². The van der Waals surface area contributed by atoms with Crippen LogP contribution >= 0.6 is 11.6 Å². The molecule has 3 aromatic rings. The highest BCUT2D eigenvalue weighted by Gasteiger charge is 2.47. The first kappa shape index (κ1) is 25.0. The molecule has 1 amide bonds. The van der Waals surface area contributed by atoms with Crippen LogP contribution in [0.2, 0.25) is 5.02 Å². The van der Waals surface area contributed by atoms with Gasteiger partial charge >= 0.3 is 0 Å². The number of phenolic OH excluding ortho intramolecular Hbond substituents is 1. The van der Waals surface area contributed by atoms with Crippen LogP contribution in [0.5, 0.6) is 17.2 Å². The summed E-state index contributed by atoms with van der Waals surface area (Å²) < 4.78 is 38.2. The molecule has 7 nitrogen and oxygen atoms in total. The predicted octanol–water partition coefficient (Wildman–Crippen LogP) is 5.36. The number of carbonyl (C=O) groups is 2. The number of aliphatic hydroxyl groups is 1. The van der Waals surface area contributed by atoms with Crippen molar-refractivity contribution in [3.63, 3.8) is 0 Å². The highest BCUT2D eigenvalue weighted by atomic mass is 35.5. The van der Waals surface area contributed by atoms with Crippen LogP contribution in [0, 0.1) is 11.6 Å². The summed E-state index contributed by atoms with van der Waals surface area (Å²) in [5, 5.41) is 21.8. The summed E-state index contributed by atoms with van der Waals surface area (Å²) in [6.45, 7) is 2.03. The van der Waals surface area contributed by atoms with Crippen molar-refractivity contribution < 1.29 is 38.1 Å². The molecule has 1 fully saturated rings. The highest BCUT2D eigenvalue weighted by Crippen LogP contribution is 2.44. The van der Waals surface area contributed by atoms with Gasteiger partial charge in [0.25, 0.3) is 11.7 Å². The summed E-state index contributed by atoms with van der Waals surface area (Å²) in [6.07, 6.45) is 0. The number of ether oxygens (including phenoxy) is 2. The first-order chi connectivity index (χ1) is 17.2. The Kier molecular flexibility index (Phi) is 6.85. The van der Waals surface area contributed by atoms with Crippen molar-refractivity contribution in [3.05, 3.63) is 88.0 Å². The SMILES string of the molecule is CCOc1cc(/C(O)=C2\C(=O)C(=O)N(c3ccc(F)c(F)c3)C2c2ccc(OC)c(O)c2)ccc1Cl. The van der Waals surface area contributed by atoms with Gasteiger partial charge in [-0.3, -0.25) is 14.5 Å². The van der Waals surface area contributed by atoms with Crippen molar-refractivity contribution in [2.75, 3.05) is 18.6 Å². The summed E-state index contributed by atoms with van der Waals surface area (Å²) in [6, 6.07) is 9.88. The van der Waals surface area contributed by atoms with E-state index < -0.39 is 35.1 Å². The molecule has 186 valence electrons. The molecule has 3 aromatic carbocycles. The number of rotatable bonds is 6. The van der Waals surface area contributed by atoms with E-state index in [4.69, 9.17) is 21.1 Å². The lowest BCUT2D eigenvalue weighted by molar-refractivity contribution is -0.132. The van der Waals surface area contributed by atoms with Crippen LogP contribution < -0.4 is 14.4 Å². The molecular formula is C26H20ClF2NO6. The average molecular weight is 516 g/mol. The van der Waals surface area contributed by atoms with Gasteiger partial charge in [0, 0.05) is 17.3 Å². The number of amides is 1. The molecule has 1 aliphatic heterocycles. The van der Waals surface area contributed by atoms with E-state index in [2.05, 4.69) is 0 Å². The minimum Gasteiger partial charge on any atom is -0.507 e. The van der Waals surface area contributed by atoms with Crippen molar-refractivity contribution in [1.82, 2.24) is 0 Å². The van der Waals surface area contributed by atoms with Crippen LogP contribution in [0.4, 0.5) is 14.5 Å². The van der Waals surface area contributed by atoms with Gasteiger partial charge in [-0.2, -0.15) is 0 Å². The zero-order chi connectivity index (χ0) is 26.1. The molecular weight excluding hydrogens is 496 g/mol. The van der Waals surface area contributed by atoms with Crippen LogP contribution in [0.15, 0.2) is 60.2 Å². The monoisotopic (exact) mass is 515 g/mol. The van der Waals surface area contributed by atoms with Crippen LogP contribution in [-0.2, 0) is 9.59 Å². The third-order valence-corrected chi connectivity index (χ3v) is 5.96. The van der Waals surface area contributed by atoms with Gasteiger partial charge in [-0.1, -0.05) is 17.7 Å². The Labute approximate surface area is 209 Å². The van der Waals surface area contributed by atoms with E-state index in [1.165, 1.54) is 43.5 Å². The summed E-state index contributed by atoms with van der Waals surface area (Å²) in [5.41, 5.74) is -0.118. The van der Waals surface area contributed by atoms with Gasteiger partial charge in [0.2, 0.25) is 0 Å². The number of aliphatic hydroxyl groups excluding tert-OH is 1. The maximum atomic E-state index is 14.1. The number of methoxy groups -OCH3 is 1. The predicted molar refractivity (Wildman–Crippen MR) is 128 cm³/mol. The second-order valence-electron chi connectivity index (χ2n) is 7.78. The molecule has 36 heavy (non-hydrogen) atoms. The Morgan fingerprint density at radius 3 is 2.42 bits per heavy atom. The fraction of sp³-hybridized carbons (Fsp3) is 0.154. The zero-order valence-electron chi connectivity index (χ0n) is 19.1. The number of nitrogens with zero attached hydrogens (tertiary/aromatic N) is 1. The number of benzene rings is 3. The lowest BCUT2D eigenvalue weighted by Gasteiger charge is -2.26. The average Bonchev–Trinajstić information content (AvgIpc) is 3.12. The molecule has 1 aliphatic rings. The number of hydrogen-bond acceptors (Lipinski definition) is 6. The Balaban J connectivity index is 1.96. The van der Waals surface area contributed by atoms with Gasteiger partial charge < -0.3 is 19.7 Å². The fourth-order valence-corrected chi connectivity index (χ4v) is 4.17. The third kappa shape index (κ3) is 4.33. The molecule has 2 N–H and O–H groups in total. The Bertz CT molecular complexity index is 1410. The minimum atomic E-state index is -1.29. The number of halogens is 3. The van der Waals surface area contributed by atoms with Gasteiger partial charge in [0.1, 0.15) is 11.5 Å². The van der Waals surface area contributed by atoms with E-state index in [1.807, 2.05) is 0 Å². The first-order valence-electron chi connectivity index (χ1n) is 10.7. The lowest BCUT2D eigenvalue weighted by atomic mass is 9.94. The third-order valence-electron chi connectivity index (χ3n) is 5.65. The summed E-state index contributed by atoms with van der Waals surface area (Å²) in [4.78, 5) is 27.3. The molecule has 1 saturated heterocycles. The normalized spacial score (nSPS) is 16.9. The van der Waals surface area contributed by atoms with Crippen molar-refractivity contribution in [3.8, 4) is 17.2 Å².